The van der Waals surface area contributed by atoms with Gasteiger partial charge in [0.15, 0.2) is 5.96 Å². The van der Waals surface area contributed by atoms with Gasteiger partial charge in [0.25, 0.3) is 0 Å². The van der Waals surface area contributed by atoms with E-state index < -0.39 is 0 Å². The summed E-state index contributed by atoms with van der Waals surface area (Å²) in [6, 6.07) is 12.8. The molecule has 1 saturated heterocycles. The van der Waals surface area contributed by atoms with Crippen LogP contribution in [0.4, 0.5) is 0 Å². The number of nitrogens with zero attached hydrogens (tertiary/aromatic N) is 3. The highest BCUT2D eigenvalue weighted by Crippen LogP contribution is 2.20. The van der Waals surface area contributed by atoms with Gasteiger partial charge in [0, 0.05) is 32.7 Å². The number of halogens is 1. The lowest BCUT2D eigenvalue weighted by molar-refractivity contribution is 0.0341. The van der Waals surface area contributed by atoms with Crippen molar-refractivity contribution in [2.45, 2.75) is 39.9 Å². The van der Waals surface area contributed by atoms with E-state index in [4.69, 9.17) is 14.1 Å². The second-order valence-electron chi connectivity index (χ2n) is 7.99. The first-order valence-electron chi connectivity index (χ1n) is 11.9. The number of ether oxygens (including phenoxy) is 1. The van der Waals surface area contributed by atoms with Gasteiger partial charge in [-0.05, 0) is 43.3 Å². The highest BCUT2D eigenvalue weighted by molar-refractivity contribution is 14.0. The summed E-state index contributed by atoms with van der Waals surface area (Å²) in [5, 5.41) is 6.93. The third kappa shape index (κ3) is 8.59. The van der Waals surface area contributed by atoms with Gasteiger partial charge >= 0.3 is 0 Å². The Hall–Kier alpha value is -1.62. The Kier molecular flexibility index (Phi) is 12.8. The molecule has 1 aliphatic heterocycles. The van der Waals surface area contributed by atoms with Crippen molar-refractivity contribution < 1.29 is 9.15 Å². The van der Waals surface area contributed by atoms with Gasteiger partial charge in [-0.25, -0.2) is 4.99 Å². The molecule has 8 heteroatoms. The summed E-state index contributed by atoms with van der Waals surface area (Å²) in [6.45, 7) is 15.1. The second kappa shape index (κ2) is 15.3. The van der Waals surface area contributed by atoms with Gasteiger partial charge in [0.05, 0.1) is 32.1 Å². The molecule has 0 aliphatic carbocycles. The zero-order valence-corrected chi connectivity index (χ0v) is 22.6. The molecule has 0 spiro atoms. The summed E-state index contributed by atoms with van der Waals surface area (Å²) >= 11 is 0. The minimum absolute atomic E-state index is 0. The molecular formula is C25H40IN5O2. The molecule has 33 heavy (non-hydrogen) atoms. The third-order valence-corrected chi connectivity index (χ3v) is 5.96. The van der Waals surface area contributed by atoms with Crippen molar-refractivity contribution in [3.63, 3.8) is 0 Å². The minimum Gasteiger partial charge on any atom is -0.468 e. The summed E-state index contributed by atoms with van der Waals surface area (Å²) in [6.07, 6.45) is 1.75. The highest BCUT2D eigenvalue weighted by Gasteiger charge is 2.21. The van der Waals surface area contributed by atoms with E-state index in [-0.39, 0.29) is 30.0 Å². The number of guanidine groups is 1. The molecule has 0 radical (unpaired) electrons. The van der Waals surface area contributed by atoms with Gasteiger partial charge in [0.2, 0.25) is 0 Å². The zero-order valence-electron chi connectivity index (χ0n) is 20.3. The zero-order chi connectivity index (χ0) is 22.6. The van der Waals surface area contributed by atoms with E-state index in [2.05, 4.69) is 71.5 Å². The lowest BCUT2D eigenvalue weighted by atomic mass is 10.1. The molecule has 0 saturated carbocycles. The SMILES string of the molecule is CCNC(=NCc1ccccc1CN1CCOCC1)NCC(c1ccco1)N(CC)CC.I. The van der Waals surface area contributed by atoms with E-state index >= 15 is 0 Å². The van der Waals surface area contributed by atoms with Crippen molar-refractivity contribution >= 4 is 29.9 Å². The number of rotatable bonds is 11. The molecule has 2 heterocycles. The lowest BCUT2D eigenvalue weighted by Crippen LogP contribution is -2.43. The summed E-state index contributed by atoms with van der Waals surface area (Å²) < 4.78 is 11.2. The fraction of sp³-hybridized carbons (Fsp3) is 0.560. The summed E-state index contributed by atoms with van der Waals surface area (Å²) in [4.78, 5) is 9.75. The van der Waals surface area contributed by atoms with E-state index in [9.17, 15) is 0 Å². The first kappa shape index (κ1) is 27.6. The summed E-state index contributed by atoms with van der Waals surface area (Å²) in [7, 11) is 0. The monoisotopic (exact) mass is 569 g/mol. The predicted octanol–water partition coefficient (Wildman–Crippen LogP) is 3.87. The molecule has 3 rings (SSSR count). The van der Waals surface area contributed by atoms with E-state index in [1.54, 1.807) is 6.26 Å². The van der Waals surface area contributed by atoms with Crippen LogP contribution >= 0.6 is 24.0 Å². The Labute approximate surface area is 216 Å². The van der Waals surface area contributed by atoms with Crippen molar-refractivity contribution in [1.82, 2.24) is 20.4 Å². The van der Waals surface area contributed by atoms with E-state index in [0.29, 0.717) is 6.54 Å². The molecule has 0 amide bonds. The smallest absolute Gasteiger partial charge is 0.191 e. The Morgan fingerprint density at radius 1 is 1.03 bits per heavy atom. The molecule has 1 aromatic carbocycles. The molecule has 2 N–H and O–H groups in total. The molecule has 7 nitrogen and oxygen atoms in total. The first-order valence-corrected chi connectivity index (χ1v) is 11.9. The van der Waals surface area contributed by atoms with Crippen molar-refractivity contribution in [1.29, 1.82) is 0 Å². The molecule has 1 unspecified atom stereocenters. The van der Waals surface area contributed by atoms with Crippen molar-refractivity contribution in [2.24, 2.45) is 4.99 Å². The quantitative estimate of drug-likeness (QED) is 0.244. The maximum absolute atomic E-state index is 5.73. The molecule has 1 aromatic heterocycles. The van der Waals surface area contributed by atoms with Crippen molar-refractivity contribution in [2.75, 3.05) is 52.5 Å². The maximum Gasteiger partial charge on any atom is 0.191 e. The number of benzene rings is 1. The van der Waals surface area contributed by atoms with Gasteiger partial charge in [-0.1, -0.05) is 38.1 Å². The normalized spacial score (nSPS) is 15.8. The van der Waals surface area contributed by atoms with Crippen LogP contribution in [-0.4, -0.2) is 68.2 Å². The summed E-state index contributed by atoms with van der Waals surface area (Å²) in [5.41, 5.74) is 2.60. The van der Waals surface area contributed by atoms with Gasteiger partial charge in [-0.15, -0.1) is 24.0 Å². The van der Waals surface area contributed by atoms with Crippen LogP contribution in [0, 0.1) is 0 Å². The molecule has 0 bridgehead atoms. The number of nitrogens with one attached hydrogen (secondary N) is 2. The average molecular weight is 570 g/mol. The molecule has 1 fully saturated rings. The number of likely N-dealkylation sites (N-methyl/N-ethyl adjacent to an activating group) is 1. The second-order valence-corrected chi connectivity index (χ2v) is 7.99. The van der Waals surface area contributed by atoms with E-state index in [0.717, 1.165) is 70.7 Å². The number of hydrogen-bond acceptors (Lipinski definition) is 5. The number of furan rings is 1. The Morgan fingerprint density at radius 2 is 1.76 bits per heavy atom. The number of morpholine rings is 1. The number of hydrogen-bond donors (Lipinski definition) is 2. The van der Waals surface area contributed by atoms with Crippen LogP contribution in [0.3, 0.4) is 0 Å². The standard InChI is InChI=1S/C25H39N5O2.HI/c1-4-26-25(28-19-23(30(5-2)6-3)24-12-9-15-32-24)27-18-21-10-7-8-11-22(21)20-29-13-16-31-17-14-29;/h7-12,15,23H,4-6,13-14,16-20H2,1-3H3,(H2,26,27,28);1H. The van der Waals surface area contributed by atoms with Gasteiger partial charge < -0.3 is 19.8 Å². The average Bonchev–Trinajstić information content (AvgIpc) is 3.36. The largest absolute Gasteiger partial charge is 0.468 e. The minimum atomic E-state index is 0. The van der Waals surface area contributed by atoms with Crippen LogP contribution in [0.5, 0.6) is 0 Å². The molecule has 1 aliphatic rings. The van der Waals surface area contributed by atoms with Gasteiger partial charge in [-0.2, -0.15) is 0 Å². The third-order valence-electron chi connectivity index (χ3n) is 5.96. The van der Waals surface area contributed by atoms with Crippen LogP contribution in [0.1, 0.15) is 43.7 Å². The van der Waals surface area contributed by atoms with Gasteiger partial charge in [-0.3, -0.25) is 9.80 Å². The fourth-order valence-electron chi connectivity index (χ4n) is 4.12. The highest BCUT2D eigenvalue weighted by atomic mass is 127. The Morgan fingerprint density at radius 3 is 2.39 bits per heavy atom. The van der Waals surface area contributed by atoms with Crippen LogP contribution < -0.4 is 10.6 Å². The predicted molar refractivity (Wildman–Crippen MR) is 145 cm³/mol. The molecule has 184 valence electrons. The van der Waals surface area contributed by atoms with Crippen LogP contribution in [0.25, 0.3) is 0 Å². The fourth-order valence-corrected chi connectivity index (χ4v) is 4.12. The van der Waals surface area contributed by atoms with Crippen LogP contribution in [0.15, 0.2) is 52.1 Å². The Bertz CT molecular complexity index is 805. The Balaban J connectivity index is 0.00000385. The molecule has 2 aromatic rings. The van der Waals surface area contributed by atoms with Crippen LogP contribution in [-0.2, 0) is 17.8 Å². The molecular weight excluding hydrogens is 529 g/mol. The van der Waals surface area contributed by atoms with E-state index in [1.807, 2.05) is 6.07 Å². The number of aliphatic imine (C=N–C) groups is 1. The van der Waals surface area contributed by atoms with Gasteiger partial charge in [0.1, 0.15) is 5.76 Å². The van der Waals surface area contributed by atoms with Crippen molar-refractivity contribution in [3.8, 4) is 0 Å². The molecule has 1 atom stereocenters. The lowest BCUT2D eigenvalue weighted by Gasteiger charge is -2.29. The first-order chi connectivity index (χ1) is 15.7. The topological polar surface area (TPSA) is 65.3 Å². The maximum atomic E-state index is 5.73. The van der Waals surface area contributed by atoms with E-state index in [1.165, 1.54) is 11.1 Å². The summed E-state index contributed by atoms with van der Waals surface area (Å²) in [5.74, 6) is 1.81. The van der Waals surface area contributed by atoms with Crippen molar-refractivity contribution in [3.05, 3.63) is 59.5 Å². The van der Waals surface area contributed by atoms with Crippen LogP contribution in [0.2, 0.25) is 0 Å².